The van der Waals surface area contributed by atoms with Crippen molar-refractivity contribution < 1.29 is 9.84 Å². The predicted octanol–water partition coefficient (Wildman–Crippen LogP) is 3.56. The van der Waals surface area contributed by atoms with Gasteiger partial charge in [0.1, 0.15) is 11.9 Å². The van der Waals surface area contributed by atoms with Crippen molar-refractivity contribution >= 4 is 0 Å². The number of unbranched alkanes of at least 4 members (excludes halogenated alkanes) is 5. The molecule has 0 bridgehead atoms. The van der Waals surface area contributed by atoms with Crippen LogP contribution < -0.4 is 10.5 Å². The van der Waals surface area contributed by atoms with Crippen molar-refractivity contribution in [2.75, 3.05) is 0 Å². The number of ether oxygens (including phenoxy) is 1. The third-order valence-corrected chi connectivity index (χ3v) is 4.43. The van der Waals surface area contributed by atoms with Gasteiger partial charge in [-0.2, -0.15) is 0 Å². The normalized spacial score (nSPS) is 24.5. The second-order valence-corrected chi connectivity index (χ2v) is 6.39. The van der Waals surface area contributed by atoms with Crippen LogP contribution in [0.25, 0.3) is 0 Å². The Hall–Kier alpha value is -1.06. The minimum absolute atomic E-state index is 0.366. The molecule has 0 saturated carbocycles. The molecule has 1 aliphatic heterocycles. The second kappa shape index (κ2) is 7.28. The zero-order chi connectivity index (χ0) is 15.3. The maximum Gasteiger partial charge on any atom is 0.154 e. The van der Waals surface area contributed by atoms with Crippen LogP contribution in [0.2, 0.25) is 0 Å². The average molecular weight is 291 g/mol. The Morgan fingerprint density at radius 2 is 1.95 bits per heavy atom. The van der Waals surface area contributed by atoms with Gasteiger partial charge < -0.3 is 15.6 Å². The summed E-state index contributed by atoms with van der Waals surface area (Å²) in [5, 5.41) is 10.1. The highest BCUT2D eigenvalue weighted by molar-refractivity contribution is 5.40. The van der Waals surface area contributed by atoms with E-state index >= 15 is 0 Å². The van der Waals surface area contributed by atoms with E-state index in [1.807, 2.05) is 13.0 Å². The predicted molar refractivity (Wildman–Crippen MR) is 86.5 cm³/mol. The highest BCUT2D eigenvalue weighted by atomic mass is 16.5. The molecule has 2 unspecified atom stereocenters. The summed E-state index contributed by atoms with van der Waals surface area (Å²) in [7, 11) is 0. The second-order valence-electron chi connectivity index (χ2n) is 6.39. The molecule has 1 aromatic carbocycles. The molecule has 0 aromatic heterocycles. The van der Waals surface area contributed by atoms with Crippen LogP contribution in [-0.4, -0.2) is 16.9 Å². The lowest BCUT2D eigenvalue weighted by Gasteiger charge is -2.36. The van der Waals surface area contributed by atoms with E-state index in [-0.39, 0.29) is 6.10 Å². The molecule has 3 nitrogen and oxygen atoms in total. The van der Waals surface area contributed by atoms with Gasteiger partial charge in [-0.3, -0.25) is 0 Å². The first-order valence-corrected chi connectivity index (χ1v) is 8.32. The first-order chi connectivity index (χ1) is 10.0. The van der Waals surface area contributed by atoms with E-state index in [0.29, 0.717) is 6.42 Å². The fraction of sp³-hybridized carbons (Fsp3) is 0.667. The van der Waals surface area contributed by atoms with Gasteiger partial charge in [0.2, 0.25) is 0 Å². The molecule has 0 radical (unpaired) electrons. The number of hydrogen-bond donors (Lipinski definition) is 2. The van der Waals surface area contributed by atoms with Gasteiger partial charge in [-0.15, -0.1) is 0 Å². The molecule has 1 aromatic rings. The fourth-order valence-corrected chi connectivity index (χ4v) is 2.89. The van der Waals surface area contributed by atoms with E-state index < -0.39 is 5.72 Å². The van der Waals surface area contributed by atoms with Crippen molar-refractivity contribution in [3.8, 4) is 5.75 Å². The summed E-state index contributed by atoms with van der Waals surface area (Å²) in [5.74, 6) is 0.865. The van der Waals surface area contributed by atoms with Gasteiger partial charge in [0.15, 0.2) is 5.72 Å². The van der Waals surface area contributed by atoms with Crippen LogP contribution in [0.4, 0.5) is 0 Å². The van der Waals surface area contributed by atoms with Crippen molar-refractivity contribution in [2.24, 2.45) is 5.73 Å². The SMILES string of the molecule is CCCCCCCCc1ccc2c(c1)CC(N)(O)C(C)O2. The van der Waals surface area contributed by atoms with Crippen LogP contribution in [0.3, 0.4) is 0 Å². The summed E-state index contributed by atoms with van der Waals surface area (Å²) >= 11 is 0. The Morgan fingerprint density at radius 3 is 2.71 bits per heavy atom. The lowest BCUT2D eigenvalue weighted by molar-refractivity contribution is -0.0609. The molecule has 0 aliphatic carbocycles. The van der Waals surface area contributed by atoms with Gasteiger partial charge in [-0.25, -0.2) is 0 Å². The van der Waals surface area contributed by atoms with E-state index in [2.05, 4.69) is 19.1 Å². The van der Waals surface area contributed by atoms with E-state index in [0.717, 1.165) is 17.7 Å². The van der Waals surface area contributed by atoms with E-state index in [1.165, 1.54) is 44.1 Å². The molecule has 3 heteroatoms. The van der Waals surface area contributed by atoms with Crippen molar-refractivity contribution in [3.05, 3.63) is 29.3 Å². The number of fused-ring (bicyclic) bond motifs is 1. The number of aryl methyl sites for hydroxylation is 1. The van der Waals surface area contributed by atoms with Gasteiger partial charge in [-0.05, 0) is 37.0 Å². The van der Waals surface area contributed by atoms with E-state index in [1.54, 1.807) is 0 Å². The smallest absolute Gasteiger partial charge is 0.154 e. The third-order valence-electron chi connectivity index (χ3n) is 4.43. The number of rotatable bonds is 7. The molecular weight excluding hydrogens is 262 g/mol. The summed E-state index contributed by atoms with van der Waals surface area (Å²) in [6, 6.07) is 6.30. The molecule has 1 heterocycles. The highest BCUT2D eigenvalue weighted by Gasteiger charge is 2.36. The van der Waals surface area contributed by atoms with Crippen molar-refractivity contribution in [1.82, 2.24) is 0 Å². The molecule has 3 N–H and O–H groups in total. The Bertz CT molecular complexity index is 457. The van der Waals surface area contributed by atoms with Gasteiger partial charge in [0.05, 0.1) is 0 Å². The Kier molecular flexibility index (Phi) is 5.65. The molecular formula is C18H29NO2. The van der Waals surface area contributed by atoms with Crippen molar-refractivity contribution in [1.29, 1.82) is 0 Å². The molecule has 0 saturated heterocycles. The first-order valence-electron chi connectivity index (χ1n) is 8.32. The molecule has 2 atom stereocenters. The summed E-state index contributed by atoms with van der Waals surface area (Å²) in [6.45, 7) is 4.06. The number of aliphatic hydroxyl groups is 1. The molecule has 1 aliphatic rings. The molecule has 0 spiro atoms. The van der Waals surface area contributed by atoms with E-state index in [9.17, 15) is 5.11 Å². The van der Waals surface area contributed by atoms with Crippen LogP contribution in [0, 0.1) is 0 Å². The quantitative estimate of drug-likeness (QED) is 0.596. The third kappa shape index (κ3) is 4.45. The number of nitrogens with two attached hydrogens (primary N) is 1. The Labute approximate surface area is 128 Å². The molecule has 0 fully saturated rings. The highest BCUT2D eigenvalue weighted by Crippen LogP contribution is 2.31. The molecule has 0 amide bonds. The maximum atomic E-state index is 10.1. The zero-order valence-corrected chi connectivity index (χ0v) is 13.4. The number of benzene rings is 1. The number of hydrogen-bond acceptors (Lipinski definition) is 3. The minimum Gasteiger partial charge on any atom is -0.486 e. The molecule has 2 rings (SSSR count). The summed E-state index contributed by atoms with van der Waals surface area (Å²) in [5.41, 5.74) is 6.97. The topological polar surface area (TPSA) is 55.5 Å². The zero-order valence-electron chi connectivity index (χ0n) is 13.4. The van der Waals surface area contributed by atoms with E-state index in [4.69, 9.17) is 10.5 Å². The summed E-state index contributed by atoms with van der Waals surface area (Å²) in [4.78, 5) is 0. The standard InChI is InChI=1S/C18H29NO2/c1-3-4-5-6-7-8-9-15-10-11-17-16(12-15)13-18(19,20)14(2)21-17/h10-12,14,20H,3-9,13,19H2,1-2H3. The van der Waals surface area contributed by atoms with Crippen molar-refractivity contribution in [3.63, 3.8) is 0 Å². The lowest BCUT2D eigenvalue weighted by atomic mass is 9.93. The lowest BCUT2D eigenvalue weighted by Crippen LogP contribution is -2.55. The summed E-state index contributed by atoms with van der Waals surface area (Å²) < 4.78 is 5.70. The maximum absolute atomic E-state index is 10.1. The van der Waals surface area contributed by atoms with Crippen LogP contribution in [0.15, 0.2) is 18.2 Å². The molecule has 118 valence electrons. The fourth-order valence-electron chi connectivity index (χ4n) is 2.89. The van der Waals surface area contributed by atoms with Gasteiger partial charge in [0, 0.05) is 6.42 Å². The average Bonchev–Trinajstić information content (AvgIpc) is 2.44. The van der Waals surface area contributed by atoms with Gasteiger partial charge >= 0.3 is 0 Å². The Balaban J connectivity index is 1.86. The van der Waals surface area contributed by atoms with Crippen LogP contribution >= 0.6 is 0 Å². The van der Waals surface area contributed by atoms with Crippen LogP contribution in [0.5, 0.6) is 5.75 Å². The largest absolute Gasteiger partial charge is 0.486 e. The van der Waals surface area contributed by atoms with Gasteiger partial charge in [-0.1, -0.05) is 51.2 Å². The van der Waals surface area contributed by atoms with Crippen LogP contribution in [0.1, 0.15) is 63.5 Å². The molecule has 21 heavy (non-hydrogen) atoms. The summed E-state index contributed by atoms with van der Waals surface area (Å²) in [6.07, 6.45) is 9.06. The first kappa shape index (κ1) is 16.3. The monoisotopic (exact) mass is 291 g/mol. The minimum atomic E-state index is -1.26. The van der Waals surface area contributed by atoms with Gasteiger partial charge in [0.25, 0.3) is 0 Å². The Morgan fingerprint density at radius 1 is 1.24 bits per heavy atom. The van der Waals surface area contributed by atoms with Crippen molar-refractivity contribution in [2.45, 2.75) is 77.0 Å². The van der Waals surface area contributed by atoms with Crippen LogP contribution in [-0.2, 0) is 12.8 Å².